The molecule has 2 unspecified atom stereocenters. The van der Waals surface area contributed by atoms with E-state index in [1.807, 2.05) is 31.4 Å². The number of esters is 1. The third kappa shape index (κ3) is 4.78. The molecule has 3 heterocycles. The Balaban J connectivity index is 1.47. The monoisotopic (exact) mass is 476 g/mol. The number of ether oxygens (including phenoxy) is 2. The summed E-state index contributed by atoms with van der Waals surface area (Å²) in [6.07, 6.45) is -0.405. The third-order valence-electron chi connectivity index (χ3n) is 5.06. The maximum Gasteiger partial charge on any atom is 0.338 e. The minimum Gasteiger partial charge on any atom is -0.455 e. The number of nitrogens with zero attached hydrogens (tertiary/aromatic N) is 2. The number of hydrogen-bond acceptors (Lipinski definition) is 8. The van der Waals surface area contributed by atoms with Gasteiger partial charge in [-0.25, -0.2) is 18.2 Å². The molecule has 3 aromatic rings. The second-order valence-electron chi connectivity index (χ2n) is 7.68. The van der Waals surface area contributed by atoms with E-state index in [1.165, 1.54) is 39.9 Å². The predicted octanol–water partition coefficient (Wildman–Crippen LogP) is 3.87. The lowest BCUT2D eigenvalue weighted by Crippen LogP contribution is -2.48. The fraction of sp³-hybridized carbons (Fsp3) is 0.364. The Bertz CT molecular complexity index is 1190. The molecule has 1 aromatic carbocycles. The molecular formula is C22H24N2O6S2. The smallest absolute Gasteiger partial charge is 0.338 e. The van der Waals surface area contributed by atoms with Crippen molar-refractivity contribution in [1.82, 2.24) is 9.29 Å². The Hall–Kier alpha value is -2.53. The molecule has 10 heteroatoms. The van der Waals surface area contributed by atoms with E-state index < -0.39 is 16.0 Å². The van der Waals surface area contributed by atoms with Crippen LogP contribution in [0.5, 0.6) is 0 Å². The maximum atomic E-state index is 13.1. The molecule has 1 fully saturated rings. The van der Waals surface area contributed by atoms with E-state index in [0.717, 1.165) is 4.88 Å². The van der Waals surface area contributed by atoms with E-state index in [1.54, 1.807) is 6.92 Å². The van der Waals surface area contributed by atoms with Crippen LogP contribution in [0, 0.1) is 6.92 Å². The number of hydrogen-bond donors (Lipinski definition) is 0. The van der Waals surface area contributed by atoms with Crippen LogP contribution >= 0.6 is 11.3 Å². The van der Waals surface area contributed by atoms with Crippen molar-refractivity contribution in [3.8, 4) is 10.8 Å². The van der Waals surface area contributed by atoms with E-state index in [9.17, 15) is 13.2 Å². The minimum absolute atomic E-state index is 0.0471. The highest BCUT2D eigenvalue weighted by Gasteiger charge is 2.32. The summed E-state index contributed by atoms with van der Waals surface area (Å²) in [5.74, 6) is 0.407. The first-order valence-corrected chi connectivity index (χ1v) is 12.5. The molecule has 8 nitrogen and oxygen atoms in total. The molecule has 0 spiro atoms. The molecule has 1 aliphatic rings. The van der Waals surface area contributed by atoms with Crippen LogP contribution in [-0.4, -0.2) is 49.0 Å². The van der Waals surface area contributed by atoms with Gasteiger partial charge in [0.05, 0.1) is 27.5 Å². The topological polar surface area (TPSA) is 98.9 Å². The molecule has 2 atom stereocenters. The lowest BCUT2D eigenvalue weighted by molar-refractivity contribution is -0.0440. The second-order valence-corrected chi connectivity index (χ2v) is 10.6. The zero-order valence-corrected chi connectivity index (χ0v) is 19.6. The summed E-state index contributed by atoms with van der Waals surface area (Å²) in [6.45, 7) is 5.88. The number of thiophene rings is 1. The van der Waals surface area contributed by atoms with Gasteiger partial charge in [0.15, 0.2) is 0 Å². The lowest BCUT2D eigenvalue weighted by atomic mass is 10.2. The Morgan fingerprint density at radius 3 is 2.66 bits per heavy atom. The van der Waals surface area contributed by atoms with Gasteiger partial charge in [-0.1, -0.05) is 12.1 Å². The normalized spacial score (nSPS) is 19.7. The van der Waals surface area contributed by atoms with Crippen LogP contribution in [0.25, 0.3) is 10.8 Å². The van der Waals surface area contributed by atoms with Crippen molar-refractivity contribution in [1.29, 1.82) is 0 Å². The van der Waals surface area contributed by atoms with E-state index >= 15 is 0 Å². The molecule has 32 heavy (non-hydrogen) atoms. The van der Waals surface area contributed by atoms with Crippen molar-refractivity contribution in [2.45, 2.75) is 44.5 Å². The summed E-state index contributed by atoms with van der Waals surface area (Å²) in [4.78, 5) is 18.0. The van der Waals surface area contributed by atoms with Gasteiger partial charge >= 0.3 is 5.97 Å². The number of oxazole rings is 1. The average molecular weight is 477 g/mol. The van der Waals surface area contributed by atoms with Crippen molar-refractivity contribution in [2.24, 2.45) is 0 Å². The zero-order chi connectivity index (χ0) is 22.9. The number of carbonyl (C=O) groups excluding carboxylic acids is 1. The highest BCUT2D eigenvalue weighted by atomic mass is 32.2. The van der Waals surface area contributed by atoms with Crippen LogP contribution in [0.4, 0.5) is 0 Å². The first-order valence-electron chi connectivity index (χ1n) is 10.2. The number of aromatic nitrogens is 1. The van der Waals surface area contributed by atoms with E-state index in [2.05, 4.69) is 4.98 Å². The number of benzene rings is 1. The quantitative estimate of drug-likeness (QED) is 0.498. The largest absolute Gasteiger partial charge is 0.455 e. The highest BCUT2D eigenvalue weighted by molar-refractivity contribution is 7.89. The Morgan fingerprint density at radius 2 is 1.97 bits per heavy atom. The Morgan fingerprint density at radius 1 is 1.22 bits per heavy atom. The van der Waals surface area contributed by atoms with E-state index in [-0.39, 0.29) is 42.4 Å². The van der Waals surface area contributed by atoms with Gasteiger partial charge in [-0.3, -0.25) is 0 Å². The van der Waals surface area contributed by atoms with Gasteiger partial charge in [0, 0.05) is 13.1 Å². The number of sulfonamides is 1. The van der Waals surface area contributed by atoms with Gasteiger partial charge in [-0.2, -0.15) is 4.31 Å². The summed E-state index contributed by atoms with van der Waals surface area (Å²) in [6, 6.07) is 9.68. The summed E-state index contributed by atoms with van der Waals surface area (Å²) < 4.78 is 44.2. The third-order valence-corrected chi connectivity index (χ3v) is 7.74. The summed E-state index contributed by atoms with van der Waals surface area (Å²) >= 11 is 1.50. The zero-order valence-electron chi connectivity index (χ0n) is 18.0. The van der Waals surface area contributed by atoms with Gasteiger partial charge < -0.3 is 13.9 Å². The van der Waals surface area contributed by atoms with Gasteiger partial charge in [0.1, 0.15) is 18.1 Å². The first-order chi connectivity index (χ1) is 15.2. The number of morpholine rings is 1. The molecule has 4 rings (SSSR count). The van der Waals surface area contributed by atoms with Crippen LogP contribution in [-0.2, 0) is 26.1 Å². The molecule has 0 bridgehead atoms. The van der Waals surface area contributed by atoms with Crippen LogP contribution < -0.4 is 0 Å². The van der Waals surface area contributed by atoms with Gasteiger partial charge in [-0.15, -0.1) is 11.3 Å². The van der Waals surface area contributed by atoms with Gasteiger partial charge in [0.2, 0.25) is 15.9 Å². The molecule has 0 saturated carbocycles. The molecule has 170 valence electrons. The van der Waals surface area contributed by atoms with Crippen molar-refractivity contribution in [2.75, 3.05) is 13.1 Å². The summed E-state index contributed by atoms with van der Waals surface area (Å²) in [7, 11) is -3.76. The standard InChI is InChI=1S/C22H24N2O6S2/c1-14-11-24(12-15(2)29-14)32(26,27)18-7-4-6-17(10-18)22(25)28-13-19-16(3)30-21(23-19)20-8-5-9-31-20/h4-10,14-15H,11-13H2,1-3H3. The number of rotatable bonds is 6. The first kappa shape index (κ1) is 22.7. The second kappa shape index (κ2) is 9.14. The lowest BCUT2D eigenvalue weighted by Gasteiger charge is -2.34. The van der Waals surface area contributed by atoms with Crippen LogP contribution in [0.2, 0.25) is 0 Å². The molecule has 1 aliphatic heterocycles. The van der Waals surface area contributed by atoms with Crippen molar-refractivity contribution >= 4 is 27.3 Å². The minimum atomic E-state index is -3.76. The van der Waals surface area contributed by atoms with Crippen molar-refractivity contribution in [3.05, 3.63) is 58.8 Å². The molecule has 0 N–H and O–H groups in total. The number of carbonyl (C=O) groups is 1. The molecule has 0 amide bonds. The molecule has 1 saturated heterocycles. The van der Waals surface area contributed by atoms with Crippen molar-refractivity contribution < 1.29 is 27.1 Å². The van der Waals surface area contributed by atoms with Crippen LogP contribution in [0.1, 0.15) is 35.7 Å². The summed E-state index contributed by atoms with van der Waals surface area (Å²) in [5.41, 5.74) is 0.668. The fourth-order valence-electron chi connectivity index (χ4n) is 3.54. The molecular weight excluding hydrogens is 452 g/mol. The summed E-state index contributed by atoms with van der Waals surface area (Å²) in [5, 5.41) is 1.92. The van der Waals surface area contributed by atoms with Gasteiger partial charge in [0.25, 0.3) is 0 Å². The molecule has 2 aromatic heterocycles. The molecule has 0 aliphatic carbocycles. The van der Waals surface area contributed by atoms with Gasteiger partial charge in [-0.05, 0) is 50.4 Å². The maximum absolute atomic E-state index is 13.1. The Kier molecular flexibility index (Phi) is 6.47. The fourth-order valence-corrected chi connectivity index (χ4v) is 5.83. The van der Waals surface area contributed by atoms with Crippen LogP contribution in [0.3, 0.4) is 0 Å². The highest BCUT2D eigenvalue weighted by Crippen LogP contribution is 2.26. The van der Waals surface area contributed by atoms with E-state index in [0.29, 0.717) is 17.3 Å². The Labute approximate surface area is 190 Å². The van der Waals surface area contributed by atoms with Crippen molar-refractivity contribution in [3.63, 3.8) is 0 Å². The average Bonchev–Trinajstić information content (AvgIpc) is 3.41. The molecule has 0 radical (unpaired) electrons. The number of aryl methyl sites for hydroxylation is 1. The van der Waals surface area contributed by atoms with Crippen LogP contribution in [0.15, 0.2) is 51.1 Å². The van der Waals surface area contributed by atoms with E-state index in [4.69, 9.17) is 13.9 Å². The SMILES string of the molecule is Cc1oc(-c2cccs2)nc1COC(=O)c1cccc(S(=O)(=O)N2CC(C)OC(C)C2)c1. The predicted molar refractivity (Wildman–Crippen MR) is 119 cm³/mol.